The van der Waals surface area contributed by atoms with E-state index in [0.29, 0.717) is 5.56 Å². The largest absolute Gasteiger partial charge is 0.468 e. The van der Waals surface area contributed by atoms with Gasteiger partial charge in [-0.15, -0.1) is 0 Å². The van der Waals surface area contributed by atoms with Gasteiger partial charge >= 0.3 is 5.97 Å². The molecular formula is C13H14N2O3. The molecule has 0 aliphatic rings. The fourth-order valence-electron chi connectivity index (χ4n) is 1.73. The zero-order valence-electron chi connectivity index (χ0n) is 10.3. The molecular weight excluding hydrogens is 232 g/mol. The maximum atomic E-state index is 11.8. The molecule has 0 aliphatic heterocycles. The minimum absolute atomic E-state index is 0.124. The lowest BCUT2D eigenvalue weighted by Crippen LogP contribution is -2.30. The highest BCUT2D eigenvalue weighted by molar-refractivity contribution is 5.99. The van der Waals surface area contributed by atoms with Crippen LogP contribution in [0.3, 0.4) is 0 Å². The Hall–Kier alpha value is -2.30. The molecule has 1 aromatic heterocycles. The Labute approximate surface area is 104 Å². The van der Waals surface area contributed by atoms with Crippen LogP contribution in [0.1, 0.15) is 10.4 Å². The van der Waals surface area contributed by atoms with Crippen LogP contribution in [0.25, 0.3) is 10.9 Å². The van der Waals surface area contributed by atoms with Gasteiger partial charge in [0.1, 0.15) is 6.54 Å². The van der Waals surface area contributed by atoms with Crippen molar-refractivity contribution < 1.29 is 14.3 Å². The molecule has 1 heterocycles. The van der Waals surface area contributed by atoms with Crippen LogP contribution >= 0.6 is 0 Å². The van der Waals surface area contributed by atoms with Gasteiger partial charge in [-0.2, -0.15) is 0 Å². The van der Waals surface area contributed by atoms with Crippen molar-refractivity contribution in [2.45, 2.75) is 0 Å². The summed E-state index contributed by atoms with van der Waals surface area (Å²) in [5.74, 6) is -0.758. The van der Waals surface area contributed by atoms with Crippen molar-refractivity contribution in [1.29, 1.82) is 0 Å². The Morgan fingerprint density at radius 2 is 2.11 bits per heavy atom. The van der Waals surface area contributed by atoms with Crippen LogP contribution in [-0.4, -0.2) is 30.1 Å². The molecule has 0 unspecified atom stereocenters. The smallest absolute Gasteiger partial charge is 0.325 e. The molecule has 1 aromatic carbocycles. The summed E-state index contributed by atoms with van der Waals surface area (Å²) in [7, 11) is 3.20. The van der Waals surface area contributed by atoms with E-state index in [1.807, 2.05) is 29.9 Å². The Balaban J connectivity index is 2.17. The van der Waals surface area contributed by atoms with E-state index < -0.39 is 5.97 Å². The van der Waals surface area contributed by atoms with Crippen LogP contribution in [-0.2, 0) is 16.6 Å². The molecule has 0 atom stereocenters. The van der Waals surface area contributed by atoms with Gasteiger partial charge in [0.05, 0.1) is 7.11 Å². The summed E-state index contributed by atoms with van der Waals surface area (Å²) < 4.78 is 6.39. The minimum Gasteiger partial charge on any atom is -0.468 e. The second kappa shape index (κ2) is 4.91. The van der Waals surface area contributed by atoms with E-state index in [1.165, 1.54) is 7.11 Å². The Morgan fingerprint density at radius 3 is 2.83 bits per heavy atom. The Bertz CT molecular complexity index is 601. The predicted octanol–water partition coefficient (Wildman–Crippen LogP) is 1.08. The van der Waals surface area contributed by atoms with E-state index in [0.717, 1.165) is 10.9 Å². The van der Waals surface area contributed by atoms with E-state index in [-0.39, 0.29) is 12.5 Å². The zero-order valence-corrected chi connectivity index (χ0v) is 10.3. The summed E-state index contributed by atoms with van der Waals surface area (Å²) in [6, 6.07) is 7.38. The molecule has 5 nitrogen and oxygen atoms in total. The number of nitrogens with zero attached hydrogens (tertiary/aromatic N) is 1. The fraction of sp³-hybridized carbons (Fsp3) is 0.231. The number of fused-ring (bicyclic) bond motifs is 1. The molecule has 5 heteroatoms. The first-order valence-electron chi connectivity index (χ1n) is 5.52. The Morgan fingerprint density at radius 1 is 1.33 bits per heavy atom. The first-order valence-corrected chi connectivity index (χ1v) is 5.52. The average molecular weight is 246 g/mol. The van der Waals surface area contributed by atoms with Crippen molar-refractivity contribution in [3.63, 3.8) is 0 Å². The number of carbonyl (C=O) groups is 2. The summed E-state index contributed by atoms with van der Waals surface area (Å²) in [6.07, 6.45) is 1.93. The highest BCUT2D eigenvalue weighted by Gasteiger charge is 2.09. The number of nitrogens with one attached hydrogen (secondary N) is 1. The van der Waals surface area contributed by atoms with E-state index in [2.05, 4.69) is 10.1 Å². The average Bonchev–Trinajstić information content (AvgIpc) is 2.76. The topological polar surface area (TPSA) is 60.3 Å². The van der Waals surface area contributed by atoms with Crippen LogP contribution in [0.4, 0.5) is 0 Å². The van der Waals surface area contributed by atoms with E-state index in [4.69, 9.17) is 0 Å². The van der Waals surface area contributed by atoms with Gasteiger partial charge in [-0.1, -0.05) is 6.07 Å². The van der Waals surface area contributed by atoms with Gasteiger partial charge in [0, 0.05) is 24.3 Å². The molecule has 94 valence electrons. The molecule has 1 amide bonds. The third-order valence-electron chi connectivity index (χ3n) is 2.77. The van der Waals surface area contributed by atoms with Crippen LogP contribution in [0.5, 0.6) is 0 Å². The number of hydrogen-bond donors (Lipinski definition) is 1. The third-order valence-corrected chi connectivity index (χ3v) is 2.77. The molecule has 1 N–H and O–H groups in total. The quantitative estimate of drug-likeness (QED) is 0.824. The standard InChI is InChI=1S/C13H14N2O3/c1-15-6-5-9-3-4-10(7-11(9)15)13(17)14-8-12(16)18-2/h3-7H,8H2,1-2H3,(H,14,17). The molecule has 2 aromatic rings. The van der Waals surface area contributed by atoms with Gasteiger partial charge in [-0.05, 0) is 23.6 Å². The lowest BCUT2D eigenvalue weighted by atomic mass is 10.1. The monoisotopic (exact) mass is 246 g/mol. The summed E-state index contributed by atoms with van der Waals surface area (Å²) in [4.78, 5) is 22.7. The number of hydrogen-bond acceptors (Lipinski definition) is 3. The Kier molecular flexibility index (Phi) is 3.32. The number of aromatic nitrogens is 1. The van der Waals surface area contributed by atoms with Crippen molar-refractivity contribution in [3.8, 4) is 0 Å². The van der Waals surface area contributed by atoms with Crippen molar-refractivity contribution in [2.75, 3.05) is 13.7 Å². The van der Waals surface area contributed by atoms with Crippen LogP contribution < -0.4 is 5.32 Å². The van der Waals surface area contributed by atoms with Gasteiger partial charge < -0.3 is 14.6 Å². The molecule has 0 spiro atoms. The first-order chi connectivity index (χ1) is 8.61. The number of benzene rings is 1. The molecule has 0 saturated heterocycles. The summed E-state index contributed by atoms with van der Waals surface area (Å²) in [5.41, 5.74) is 1.49. The second-order valence-corrected chi connectivity index (χ2v) is 3.96. The maximum absolute atomic E-state index is 11.8. The fourth-order valence-corrected chi connectivity index (χ4v) is 1.73. The molecule has 0 aliphatic carbocycles. The number of aryl methyl sites for hydroxylation is 1. The number of rotatable bonds is 3. The molecule has 0 bridgehead atoms. The van der Waals surface area contributed by atoms with Crippen LogP contribution in [0.15, 0.2) is 30.5 Å². The summed E-state index contributed by atoms with van der Waals surface area (Å²) >= 11 is 0. The van der Waals surface area contributed by atoms with Gasteiger partial charge in [0.15, 0.2) is 0 Å². The zero-order chi connectivity index (χ0) is 13.1. The molecule has 0 radical (unpaired) electrons. The normalized spacial score (nSPS) is 10.3. The van der Waals surface area contributed by atoms with Gasteiger partial charge in [0.2, 0.25) is 0 Å². The predicted molar refractivity (Wildman–Crippen MR) is 67.3 cm³/mol. The highest BCUT2D eigenvalue weighted by atomic mass is 16.5. The van der Waals surface area contributed by atoms with E-state index in [9.17, 15) is 9.59 Å². The number of methoxy groups -OCH3 is 1. The minimum atomic E-state index is -0.469. The highest BCUT2D eigenvalue weighted by Crippen LogP contribution is 2.16. The number of ether oxygens (including phenoxy) is 1. The van der Waals surface area contributed by atoms with Crippen LogP contribution in [0, 0.1) is 0 Å². The van der Waals surface area contributed by atoms with Gasteiger partial charge in [-0.25, -0.2) is 0 Å². The lowest BCUT2D eigenvalue weighted by Gasteiger charge is -2.04. The molecule has 2 rings (SSSR count). The second-order valence-electron chi connectivity index (χ2n) is 3.96. The van der Waals surface area contributed by atoms with E-state index >= 15 is 0 Å². The van der Waals surface area contributed by atoms with Crippen molar-refractivity contribution in [2.24, 2.45) is 7.05 Å². The maximum Gasteiger partial charge on any atom is 0.325 e. The lowest BCUT2D eigenvalue weighted by molar-refractivity contribution is -0.139. The number of amides is 1. The van der Waals surface area contributed by atoms with Gasteiger partial charge in [0.25, 0.3) is 5.91 Å². The van der Waals surface area contributed by atoms with Crippen LogP contribution in [0.2, 0.25) is 0 Å². The SMILES string of the molecule is COC(=O)CNC(=O)c1ccc2ccn(C)c2c1. The summed E-state index contributed by atoms with van der Waals surface area (Å²) in [6.45, 7) is -0.124. The molecule has 18 heavy (non-hydrogen) atoms. The van der Waals surface area contributed by atoms with Crippen molar-refractivity contribution in [3.05, 3.63) is 36.0 Å². The number of esters is 1. The van der Waals surface area contributed by atoms with Gasteiger partial charge in [-0.3, -0.25) is 9.59 Å². The molecule has 0 saturated carbocycles. The number of carbonyl (C=O) groups excluding carboxylic acids is 2. The van der Waals surface area contributed by atoms with Crippen molar-refractivity contribution >= 4 is 22.8 Å². The van der Waals surface area contributed by atoms with E-state index in [1.54, 1.807) is 12.1 Å². The first kappa shape index (κ1) is 12.2. The van der Waals surface area contributed by atoms with Crippen molar-refractivity contribution in [1.82, 2.24) is 9.88 Å². The summed E-state index contributed by atoms with van der Waals surface area (Å²) in [5, 5.41) is 3.57. The third kappa shape index (κ3) is 2.34. The molecule has 0 fully saturated rings.